The number of para-hydroxylation sites is 1. The van der Waals surface area contributed by atoms with Gasteiger partial charge in [-0.3, -0.25) is 9.59 Å². The summed E-state index contributed by atoms with van der Waals surface area (Å²) in [5.41, 5.74) is 1.58. The van der Waals surface area contributed by atoms with Gasteiger partial charge in [-0.05, 0) is 50.1 Å². The predicted octanol–water partition coefficient (Wildman–Crippen LogP) is 3.37. The molecule has 0 spiro atoms. The summed E-state index contributed by atoms with van der Waals surface area (Å²) in [5, 5.41) is 0. The smallest absolute Gasteiger partial charge is 0.260 e. The molecule has 0 radical (unpaired) electrons. The number of methoxy groups -OCH3 is 1. The van der Waals surface area contributed by atoms with Gasteiger partial charge in [0.05, 0.1) is 12.7 Å². The third-order valence-electron chi connectivity index (χ3n) is 4.28. The first-order valence-electron chi connectivity index (χ1n) is 8.68. The maximum absolute atomic E-state index is 12.6. The molecule has 1 unspecified atom stereocenters. The van der Waals surface area contributed by atoms with Crippen LogP contribution >= 0.6 is 0 Å². The third kappa shape index (κ3) is 5.09. The van der Waals surface area contributed by atoms with Crippen molar-refractivity contribution in [3.63, 3.8) is 0 Å². The summed E-state index contributed by atoms with van der Waals surface area (Å²) in [6.45, 7) is 4.47. The maximum Gasteiger partial charge on any atom is 0.260 e. The number of carbonyl (C=O) groups is 2. The second-order valence-corrected chi connectivity index (χ2v) is 6.03. The average Bonchev–Trinajstić information content (AvgIpc) is 2.67. The molecule has 1 amide bonds. The van der Waals surface area contributed by atoms with Gasteiger partial charge in [-0.15, -0.1) is 0 Å². The van der Waals surface area contributed by atoms with Gasteiger partial charge in [-0.25, -0.2) is 0 Å². The first kappa shape index (κ1) is 19.5. The summed E-state index contributed by atoms with van der Waals surface area (Å²) in [7, 11) is 1.64. The van der Waals surface area contributed by atoms with Crippen molar-refractivity contribution >= 4 is 12.2 Å². The fourth-order valence-corrected chi connectivity index (χ4v) is 2.88. The fourth-order valence-electron chi connectivity index (χ4n) is 2.88. The molecular weight excluding hydrogens is 330 g/mol. The molecule has 0 aliphatic heterocycles. The zero-order valence-electron chi connectivity index (χ0n) is 15.5. The van der Waals surface area contributed by atoms with E-state index in [-0.39, 0.29) is 18.6 Å². The SMILES string of the molecule is CCN(C(=O)COc1ccccc1C=O)C(C)Cc1ccc(OC)cc1. The largest absolute Gasteiger partial charge is 0.497 e. The maximum atomic E-state index is 12.6. The van der Waals surface area contributed by atoms with Crippen molar-refractivity contribution in [3.8, 4) is 11.5 Å². The third-order valence-corrected chi connectivity index (χ3v) is 4.28. The molecule has 5 nitrogen and oxygen atoms in total. The molecule has 0 bridgehead atoms. The minimum Gasteiger partial charge on any atom is -0.497 e. The molecule has 0 fully saturated rings. The van der Waals surface area contributed by atoms with Crippen molar-refractivity contribution in [1.82, 2.24) is 4.90 Å². The molecule has 2 aromatic rings. The Bertz CT molecular complexity index is 727. The number of rotatable bonds is 9. The van der Waals surface area contributed by atoms with E-state index in [1.807, 2.05) is 38.1 Å². The molecule has 0 N–H and O–H groups in total. The van der Waals surface area contributed by atoms with E-state index in [1.165, 1.54) is 0 Å². The number of ether oxygens (including phenoxy) is 2. The molecule has 26 heavy (non-hydrogen) atoms. The summed E-state index contributed by atoms with van der Waals surface area (Å²) >= 11 is 0. The summed E-state index contributed by atoms with van der Waals surface area (Å²) in [5.74, 6) is 1.14. The minimum absolute atomic E-state index is 0.0332. The molecule has 0 heterocycles. The summed E-state index contributed by atoms with van der Waals surface area (Å²) in [6.07, 6.45) is 1.47. The fraction of sp³-hybridized carbons (Fsp3) is 0.333. The molecule has 0 aliphatic carbocycles. The molecular formula is C21H25NO4. The van der Waals surface area contributed by atoms with Crippen LogP contribution in [0.25, 0.3) is 0 Å². The Kier molecular flexibility index (Phi) is 7.21. The highest BCUT2D eigenvalue weighted by Gasteiger charge is 2.19. The number of hydrogen-bond acceptors (Lipinski definition) is 4. The van der Waals surface area contributed by atoms with Gasteiger partial charge < -0.3 is 14.4 Å². The molecule has 0 aromatic heterocycles. The molecule has 5 heteroatoms. The van der Waals surface area contributed by atoms with Gasteiger partial charge in [0, 0.05) is 12.6 Å². The van der Waals surface area contributed by atoms with E-state index < -0.39 is 0 Å². The van der Waals surface area contributed by atoms with E-state index in [1.54, 1.807) is 36.3 Å². The Hall–Kier alpha value is -2.82. The number of carbonyl (C=O) groups excluding carboxylic acids is 2. The second-order valence-electron chi connectivity index (χ2n) is 6.03. The molecule has 1 atom stereocenters. The average molecular weight is 355 g/mol. The van der Waals surface area contributed by atoms with Gasteiger partial charge in [0.25, 0.3) is 5.91 Å². The minimum atomic E-state index is -0.103. The molecule has 138 valence electrons. The monoisotopic (exact) mass is 355 g/mol. The Labute approximate surface area is 154 Å². The van der Waals surface area contributed by atoms with Gasteiger partial charge in [0.2, 0.25) is 0 Å². The van der Waals surface area contributed by atoms with Crippen LogP contribution in [0.5, 0.6) is 11.5 Å². The van der Waals surface area contributed by atoms with Crippen LogP contribution in [0.1, 0.15) is 29.8 Å². The number of hydrogen-bond donors (Lipinski definition) is 0. The predicted molar refractivity (Wildman–Crippen MR) is 101 cm³/mol. The van der Waals surface area contributed by atoms with Gasteiger partial charge in [0.1, 0.15) is 11.5 Å². The molecule has 0 aliphatic rings. The van der Waals surface area contributed by atoms with E-state index >= 15 is 0 Å². The van der Waals surface area contributed by atoms with Crippen molar-refractivity contribution in [1.29, 1.82) is 0 Å². The summed E-state index contributed by atoms with van der Waals surface area (Å²) in [6, 6.07) is 14.8. The van der Waals surface area contributed by atoms with Crippen LogP contribution < -0.4 is 9.47 Å². The molecule has 2 rings (SSSR count). The highest BCUT2D eigenvalue weighted by atomic mass is 16.5. The first-order chi connectivity index (χ1) is 12.6. The molecule has 0 saturated carbocycles. The van der Waals surface area contributed by atoms with Crippen LogP contribution in [0, 0.1) is 0 Å². The van der Waals surface area contributed by atoms with Crippen molar-refractivity contribution in [2.45, 2.75) is 26.3 Å². The number of benzene rings is 2. The Morgan fingerprint density at radius 1 is 1.15 bits per heavy atom. The normalized spacial score (nSPS) is 11.5. The lowest BCUT2D eigenvalue weighted by atomic mass is 10.1. The standard InChI is InChI=1S/C21H25NO4/c1-4-22(16(2)13-17-9-11-19(25-3)12-10-17)21(24)15-26-20-8-6-5-7-18(20)14-23/h5-12,14,16H,4,13,15H2,1-3H3. The van der Waals surface area contributed by atoms with Crippen LogP contribution in [0.2, 0.25) is 0 Å². The second kappa shape index (κ2) is 9.61. The Morgan fingerprint density at radius 3 is 2.46 bits per heavy atom. The van der Waals surface area contributed by atoms with Crippen LogP contribution in [-0.4, -0.2) is 43.4 Å². The first-order valence-corrected chi connectivity index (χ1v) is 8.68. The molecule has 0 saturated heterocycles. The lowest BCUT2D eigenvalue weighted by Crippen LogP contribution is -2.42. The van der Waals surface area contributed by atoms with Gasteiger partial charge in [-0.2, -0.15) is 0 Å². The van der Waals surface area contributed by atoms with Crippen molar-refractivity contribution in [3.05, 3.63) is 59.7 Å². The Morgan fingerprint density at radius 2 is 1.85 bits per heavy atom. The molecule has 2 aromatic carbocycles. The van der Waals surface area contributed by atoms with E-state index in [4.69, 9.17) is 9.47 Å². The van der Waals surface area contributed by atoms with Crippen LogP contribution in [-0.2, 0) is 11.2 Å². The van der Waals surface area contributed by atoms with E-state index in [0.29, 0.717) is 17.9 Å². The Balaban J connectivity index is 1.96. The zero-order valence-corrected chi connectivity index (χ0v) is 15.5. The van der Waals surface area contributed by atoms with Crippen molar-refractivity contribution in [2.24, 2.45) is 0 Å². The van der Waals surface area contributed by atoms with Gasteiger partial charge in [0.15, 0.2) is 12.9 Å². The quantitative estimate of drug-likeness (QED) is 0.647. The lowest BCUT2D eigenvalue weighted by Gasteiger charge is -2.28. The number of nitrogens with zero attached hydrogens (tertiary/aromatic N) is 1. The lowest BCUT2D eigenvalue weighted by molar-refractivity contribution is -0.135. The van der Waals surface area contributed by atoms with Gasteiger partial charge in [-0.1, -0.05) is 24.3 Å². The number of amides is 1. The number of aldehydes is 1. The van der Waals surface area contributed by atoms with Crippen LogP contribution in [0.4, 0.5) is 0 Å². The van der Waals surface area contributed by atoms with E-state index in [2.05, 4.69) is 0 Å². The van der Waals surface area contributed by atoms with Crippen molar-refractivity contribution < 1.29 is 19.1 Å². The summed E-state index contributed by atoms with van der Waals surface area (Å²) < 4.78 is 10.7. The van der Waals surface area contributed by atoms with Gasteiger partial charge >= 0.3 is 0 Å². The van der Waals surface area contributed by atoms with Crippen molar-refractivity contribution in [2.75, 3.05) is 20.3 Å². The number of likely N-dealkylation sites (N-methyl/N-ethyl adjacent to an activating group) is 1. The van der Waals surface area contributed by atoms with Crippen LogP contribution in [0.3, 0.4) is 0 Å². The topological polar surface area (TPSA) is 55.8 Å². The van der Waals surface area contributed by atoms with Crippen LogP contribution in [0.15, 0.2) is 48.5 Å². The summed E-state index contributed by atoms with van der Waals surface area (Å²) in [4.78, 5) is 25.4. The van der Waals surface area contributed by atoms with E-state index in [9.17, 15) is 9.59 Å². The van der Waals surface area contributed by atoms with E-state index in [0.717, 1.165) is 24.0 Å². The highest BCUT2D eigenvalue weighted by Crippen LogP contribution is 2.17. The highest BCUT2D eigenvalue weighted by molar-refractivity contribution is 5.81. The zero-order chi connectivity index (χ0) is 18.9.